The Morgan fingerprint density at radius 1 is 1.29 bits per heavy atom. The van der Waals surface area contributed by atoms with Crippen LogP contribution in [-0.4, -0.2) is 43.9 Å². The lowest BCUT2D eigenvalue weighted by Crippen LogP contribution is -2.46. The van der Waals surface area contributed by atoms with Gasteiger partial charge in [-0.15, -0.1) is 12.4 Å². The molecule has 1 aliphatic rings. The van der Waals surface area contributed by atoms with E-state index in [4.69, 9.17) is 16.3 Å². The number of hydrogen-bond donors (Lipinski definition) is 1. The topological polar surface area (TPSA) is 24.5 Å². The van der Waals surface area contributed by atoms with Crippen molar-refractivity contribution in [3.05, 3.63) is 28.5 Å². The molecule has 0 amide bonds. The van der Waals surface area contributed by atoms with E-state index in [1.165, 1.54) is 6.07 Å². The molecule has 9 heteroatoms. The zero-order valence-corrected chi connectivity index (χ0v) is 14.7. The first-order valence-corrected chi connectivity index (χ1v) is 7.83. The molecule has 1 aliphatic heterocycles. The van der Waals surface area contributed by atoms with Crippen LogP contribution in [0.15, 0.2) is 12.1 Å². The van der Waals surface area contributed by atoms with Gasteiger partial charge in [0.25, 0.3) is 0 Å². The second kappa shape index (κ2) is 9.08. The van der Waals surface area contributed by atoms with Gasteiger partial charge in [0.1, 0.15) is 0 Å². The SMILES string of the molecule is CCOc1c(F)cc([C@@H](CC(F)(F)F)N2CCNCC2)cc1Cl.Cl. The first kappa shape index (κ1) is 21.3. The number of halogens is 6. The van der Waals surface area contributed by atoms with Crippen LogP contribution in [0.5, 0.6) is 5.75 Å². The van der Waals surface area contributed by atoms with Gasteiger partial charge in [-0.25, -0.2) is 4.39 Å². The lowest BCUT2D eigenvalue weighted by molar-refractivity contribution is -0.148. The first-order chi connectivity index (χ1) is 10.8. The molecule has 1 aromatic rings. The molecular weight excluding hydrogens is 371 g/mol. The Balaban J connectivity index is 0.00000288. The summed E-state index contributed by atoms with van der Waals surface area (Å²) in [5.74, 6) is -0.861. The average molecular weight is 391 g/mol. The molecule has 0 unspecified atom stereocenters. The van der Waals surface area contributed by atoms with Crippen molar-refractivity contribution in [3.8, 4) is 5.75 Å². The summed E-state index contributed by atoms with van der Waals surface area (Å²) >= 11 is 5.99. The molecule has 0 saturated carbocycles. The summed E-state index contributed by atoms with van der Waals surface area (Å²) in [7, 11) is 0. The molecule has 138 valence electrons. The molecule has 0 aliphatic carbocycles. The fourth-order valence-electron chi connectivity index (χ4n) is 2.72. The highest BCUT2D eigenvalue weighted by Gasteiger charge is 2.36. The molecule has 1 heterocycles. The van der Waals surface area contributed by atoms with Gasteiger partial charge in [0.15, 0.2) is 11.6 Å². The van der Waals surface area contributed by atoms with Gasteiger partial charge in [-0.2, -0.15) is 13.2 Å². The summed E-state index contributed by atoms with van der Waals surface area (Å²) in [6, 6.07) is 1.50. The van der Waals surface area contributed by atoms with Gasteiger partial charge < -0.3 is 10.1 Å². The quantitative estimate of drug-likeness (QED) is 0.762. The molecule has 0 bridgehead atoms. The standard InChI is InChI=1S/C15H19ClF4N2O.ClH/c1-2-23-14-11(16)7-10(8-12(14)17)13(9-15(18,19)20)22-5-3-21-4-6-22;/h7-8,13,21H,2-6,9H2,1H3;1H/t13-;/m1./s1. The minimum atomic E-state index is -4.35. The van der Waals surface area contributed by atoms with Gasteiger partial charge in [0.05, 0.1) is 18.1 Å². The summed E-state index contributed by atoms with van der Waals surface area (Å²) in [6.45, 7) is 4.03. The number of alkyl halides is 3. The molecule has 1 atom stereocenters. The largest absolute Gasteiger partial charge is 0.489 e. The van der Waals surface area contributed by atoms with Crippen molar-refractivity contribution in [1.82, 2.24) is 10.2 Å². The number of nitrogens with one attached hydrogen (secondary N) is 1. The predicted molar refractivity (Wildman–Crippen MR) is 87.7 cm³/mol. The van der Waals surface area contributed by atoms with E-state index in [9.17, 15) is 17.6 Å². The third kappa shape index (κ3) is 5.65. The van der Waals surface area contributed by atoms with Gasteiger partial charge in [-0.05, 0) is 24.6 Å². The second-order valence-corrected chi connectivity index (χ2v) is 5.77. The average Bonchev–Trinajstić information content (AvgIpc) is 2.48. The van der Waals surface area contributed by atoms with Gasteiger partial charge in [0.2, 0.25) is 0 Å². The van der Waals surface area contributed by atoms with E-state index in [0.29, 0.717) is 26.2 Å². The minimum absolute atomic E-state index is 0. The van der Waals surface area contributed by atoms with Crippen molar-refractivity contribution in [2.45, 2.75) is 25.6 Å². The Hall–Kier alpha value is -0.760. The molecule has 0 spiro atoms. The van der Waals surface area contributed by atoms with Crippen LogP contribution in [-0.2, 0) is 0 Å². The molecule has 1 aromatic carbocycles. The summed E-state index contributed by atoms with van der Waals surface area (Å²) in [5, 5.41) is 3.08. The normalized spacial score (nSPS) is 17.2. The van der Waals surface area contributed by atoms with E-state index in [1.807, 2.05) is 0 Å². The lowest BCUT2D eigenvalue weighted by atomic mass is 10.0. The summed E-state index contributed by atoms with van der Waals surface area (Å²) in [4.78, 5) is 1.70. The number of nitrogens with zero attached hydrogens (tertiary/aromatic N) is 1. The molecule has 24 heavy (non-hydrogen) atoms. The number of piperazine rings is 1. The number of rotatable bonds is 5. The van der Waals surface area contributed by atoms with Crippen LogP contribution in [0.2, 0.25) is 5.02 Å². The third-order valence-electron chi connectivity index (χ3n) is 3.71. The van der Waals surface area contributed by atoms with Gasteiger partial charge in [-0.1, -0.05) is 11.6 Å². The molecule has 3 nitrogen and oxygen atoms in total. The highest BCUT2D eigenvalue weighted by Crippen LogP contribution is 2.38. The summed E-state index contributed by atoms with van der Waals surface area (Å²) in [5.41, 5.74) is 0.218. The fourth-order valence-corrected chi connectivity index (χ4v) is 3.00. The van der Waals surface area contributed by atoms with E-state index in [1.54, 1.807) is 11.8 Å². The van der Waals surface area contributed by atoms with Crippen molar-refractivity contribution >= 4 is 24.0 Å². The van der Waals surface area contributed by atoms with E-state index in [2.05, 4.69) is 5.32 Å². The minimum Gasteiger partial charge on any atom is -0.489 e. The third-order valence-corrected chi connectivity index (χ3v) is 3.99. The van der Waals surface area contributed by atoms with Crippen LogP contribution in [0.25, 0.3) is 0 Å². The maximum atomic E-state index is 14.1. The number of hydrogen-bond acceptors (Lipinski definition) is 3. The molecule has 1 N–H and O–H groups in total. The van der Waals surface area contributed by atoms with Gasteiger partial charge >= 0.3 is 6.18 Å². The van der Waals surface area contributed by atoms with Crippen molar-refractivity contribution < 1.29 is 22.3 Å². The van der Waals surface area contributed by atoms with Crippen LogP contribution in [0, 0.1) is 5.82 Å². The van der Waals surface area contributed by atoms with E-state index in [-0.39, 0.29) is 35.3 Å². The maximum absolute atomic E-state index is 14.1. The van der Waals surface area contributed by atoms with E-state index in [0.717, 1.165) is 6.07 Å². The monoisotopic (exact) mass is 390 g/mol. The number of ether oxygens (including phenoxy) is 1. The number of benzene rings is 1. The van der Waals surface area contributed by atoms with Gasteiger partial charge in [0, 0.05) is 32.2 Å². The van der Waals surface area contributed by atoms with Crippen LogP contribution < -0.4 is 10.1 Å². The van der Waals surface area contributed by atoms with Crippen LogP contribution >= 0.6 is 24.0 Å². The zero-order valence-electron chi connectivity index (χ0n) is 13.1. The Morgan fingerprint density at radius 3 is 2.42 bits per heavy atom. The van der Waals surface area contributed by atoms with Crippen LogP contribution in [0.3, 0.4) is 0 Å². The lowest BCUT2D eigenvalue weighted by Gasteiger charge is -2.35. The molecule has 1 fully saturated rings. The molecule has 2 rings (SSSR count). The van der Waals surface area contributed by atoms with Gasteiger partial charge in [-0.3, -0.25) is 4.90 Å². The predicted octanol–water partition coefficient (Wildman–Crippen LogP) is 4.20. The van der Waals surface area contributed by atoms with E-state index < -0.39 is 24.5 Å². The first-order valence-electron chi connectivity index (χ1n) is 7.45. The smallest absolute Gasteiger partial charge is 0.390 e. The molecule has 1 saturated heterocycles. The van der Waals surface area contributed by atoms with Crippen molar-refractivity contribution in [2.75, 3.05) is 32.8 Å². The fraction of sp³-hybridized carbons (Fsp3) is 0.600. The highest BCUT2D eigenvalue weighted by molar-refractivity contribution is 6.32. The summed E-state index contributed by atoms with van der Waals surface area (Å²) < 4.78 is 58.1. The highest BCUT2D eigenvalue weighted by atomic mass is 35.5. The second-order valence-electron chi connectivity index (χ2n) is 5.37. The van der Waals surface area contributed by atoms with Crippen LogP contribution in [0.4, 0.5) is 17.6 Å². The van der Waals surface area contributed by atoms with Crippen molar-refractivity contribution in [2.24, 2.45) is 0 Å². The zero-order chi connectivity index (χ0) is 17.0. The van der Waals surface area contributed by atoms with E-state index >= 15 is 0 Å². The Morgan fingerprint density at radius 2 is 1.92 bits per heavy atom. The van der Waals surface area contributed by atoms with Crippen LogP contribution in [0.1, 0.15) is 24.9 Å². The molecular formula is C15H20Cl2F4N2O. The Kier molecular flexibility index (Phi) is 8.05. The van der Waals surface area contributed by atoms with Crippen molar-refractivity contribution in [1.29, 1.82) is 0 Å². The molecule has 0 aromatic heterocycles. The molecule has 0 radical (unpaired) electrons. The summed E-state index contributed by atoms with van der Waals surface area (Å²) in [6.07, 6.45) is -5.40. The Bertz CT molecular complexity index is 514. The Labute approximate surface area is 149 Å². The maximum Gasteiger partial charge on any atom is 0.390 e. The van der Waals surface area contributed by atoms with Crippen molar-refractivity contribution in [3.63, 3.8) is 0 Å².